The first-order chi connectivity index (χ1) is 8.79. The number of unbranched alkanes of at least 4 members (excludes halogenated alkanes) is 2. The summed E-state index contributed by atoms with van der Waals surface area (Å²) in [5, 5.41) is 3.35. The molecule has 1 rings (SSSR count). The van der Waals surface area contributed by atoms with Gasteiger partial charge in [-0.3, -0.25) is 0 Å². The summed E-state index contributed by atoms with van der Waals surface area (Å²) in [6, 6.07) is 1.47. The Kier molecular flexibility index (Phi) is 5.85. The van der Waals surface area contributed by atoms with Crippen molar-refractivity contribution in [3.05, 3.63) is 35.1 Å². The third-order valence-corrected chi connectivity index (χ3v) is 2.86. The van der Waals surface area contributed by atoms with Gasteiger partial charge in [-0.25, -0.2) is 13.2 Å². The van der Waals surface area contributed by atoms with Crippen LogP contribution in [0.5, 0.6) is 0 Å². The molecule has 4 heteroatoms. The SMILES string of the molecule is CC(C)(C)NCCCCCc1c(F)cc(F)cc1F. The summed E-state index contributed by atoms with van der Waals surface area (Å²) in [6.45, 7) is 7.17. The van der Waals surface area contributed by atoms with Crippen molar-refractivity contribution < 1.29 is 13.2 Å². The lowest BCUT2D eigenvalue weighted by Gasteiger charge is -2.20. The second kappa shape index (κ2) is 6.94. The summed E-state index contributed by atoms with van der Waals surface area (Å²) >= 11 is 0. The van der Waals surface area contributed by atoms with Crippen LogP contribution in [0.1, 0.15) is 45.6 Å². The summed E-state index contributed by atoms with van der Waals surface area (Å²) in [6.07, 6.45) is 2.86. The van der Waals surface area contributed by atoms with Gasteiger partial charge in [0.2, 0.25) is 0 Å². The Morgan fingerprint density at radius 1 is 0.947 bits per heavy atom. The molecule has 0 atom stereocenters. The van der Waals surface area contributed by atoms with Gasteiger partial charge in [-0.1, -0.05) is 6.42 Å². The van der Waals surface area contributed by atoms with Crippen LogP contribution in [0.15, 0.2) is 12.1 Å². The summed E-state index contributed by atoms with van der Waals surface area (Å²) in [4.78, 5) is 0. The zero-order valence-corrected chi connectivity index (χ0v) is 11.8. The third kappa shape index (κ3) is 6.10. The fraction of sp³-hybridized carbons (Fsp3) is 0.600. The lowest BCUT2D eigenvalue weighted by atomic mass is 10.0. The van der Waals surface area contributed by atoms with Crippen molar-refractivity contribution in [2.24, 2.45) is 0 Å². The van der Waals surface area contributed by atoms with Crippen LogP contribution in [0.2, 0.25) is 0 Å². The first-order valence-electron chi connectivity index (χ1n) is 6.68. The molecular weight excluding hydrogens is 251 g/mol. The lowest BCUT2D eigenvalue weighted by Crippen LogP contribution is -2.36. The van der Waals surface area contributed by atoms with Gasteiger partial charge in [-0.15, -0.1) is 0 Å². The highest BCUT2D eigenvalue weighted by molar-refractivity contribution is 5.20. The van der Waals surface area contributed by atoms with Crippen molar-refractivity contribution in [3.8, 4) is 0 Å². The second-order valence-corrected chi connectivity index (χ2v) is 5.84. The van der Waals surface area contributed by atoms with Gasteiger partial charge in [0, 0.05) is 23.2 Å². The molecule has 0 fully saturated rings. The maximum absolute atomic E-state index is 13.4. The van der Waals surface area contributed by atoms with Gasteiger partial charge in [0.05, 0.1) is 0 Å². The predicted octanol–water partition coefficient (Wildman–Crippen LogP) is 4.20. The number of rotatable bonds is 6. The molecule has 1 N–H and O–H groups in total. The number of halogens is 3. The van der Waals surface area contributed by atoms with E-state index < -0.39 is 17.5 Å². The molecule has 0 unspecified atom stereocenters. The second-order valence-electron chi connectivity index (χ2n) is 5.84. The molecule has 1 nitrogen and oxygen atoms in total. The average molecular weight is 273 g/mol. The molecule has 0 aliphatic carbocycles. The Hall–Kier alpha value is -1.03. The van der Waals surface area contributed by atoms with Crippen molar-refractivity contribution in [3.63, 3.8) is 0 Å². The minimum absolute atomic E-state index is 0.00909. The molecule has 0 bridgehead atoms. The summed E-state index contributed by atoms with van der Waals surface area (Å²) < 4.78 is 39.4. The molecule has 0 aromatic heterocycles. The monoisotopic (exact) mass is 273 g/mol. The molecule has 0 amide bonds. The standard InChI is InChI=1S/C15H22F3N/c1-15(2,3)19-8-6-4-5-7-12-13(17)9-11(16)10-14(12)18/h9-10,19H,4-8H2,1-3H3. The lowest BCUT2D eigenvalue weighted by molar-refractivity contribution is 0.416. The zero-order chi connectivity index (χ0) is 14.5. The molecule has 0 saturated heterocycles. The van der Waals surface area contributed by atoms with Crippen LogP contribution in [-0.4, -0.2) is 12.1 Å². The van der Waals surface area contributed by atoms with Gasteiger partial charge in [-0.05, 0) is 46.6 Å². The van der Waals surface area contributed by atoms with Gasteiger partial charge in [0.1, 0.15) is 17.5 Å². The zero-order valence-electron chi connectivity index (χ0n) is 11.8. The van der Waals surface area contributed by atoms with E-state index in [1.54, 1.807) is 0 Å². The van der Waals surface area contributed by atoms with E-state index in [9.17, 15) is 13.2 Å². The Morgan fingerprint density at radius 2 is 1.53 bits per heavy atom. The van der Waals surface area contributed by atoms with Crippen molar-refractivity contribution in [2.45, 2.75) is 52.0 Å². The fourth-order valence-electron chi connectivity index (χ4n) is 1.88. The van der Waals surface area contributed by atoms with E-state index in [2.05, 4.69) is 26.1 Å². The minimum Gasteiger partial charge on any atom is -0.312 e. The van der Waals surface area contributed by atoms with Crippen LogP contribution < -0.4 is 5.32 Å². The van der Waals surface area contributed by atoms with Crippen molar-refractivity contribution in [1.82, 2.24) is 5.32 Å². The van der Waals surface area contributed by atoms with Gasteiger partial charge in [0.25, 0.3) is 0 Å². The van der Waals surface area contributed by atoms with Crippen molar-refractivity contribution >= 4 is 0 Å². The first kappa shape index (κ1) is 16.0. The van der Waals surface area contributed by atoms with E-state index in [0.29, 0.717) is 12.8 Å². The number of benzene rings is 1. The van der Waals surface area contributed by atoms with E-state index in [1.165, 1.54) is 0 Å². The Labute approximate surface area is 113 Å². The van der Waals surface area contributed by atoms with E-state index >= 15 is 0 Å². The minimum atomic E-state index is -0.867. The number of nitrogens with one attached hydrogen (secondary N) is 1. The van der Waals surface area contributed by atoms with Crippen LogP contribution >= 0.6 is 0 Å². The average Bonchev–Trinajstić information content (AvgIpc) is 2.24. The van der Waals surface area contributed by atoms with Gasteiger partial charge < -0.3 is 5.32 Å². The summed E-state index contributed by atoms with van der Waals surface area (Å²) in [5.74, 6) is -2.44. The Morgan fingerprint density at radius 3 is 2.05 bits per heavy atom. The summed E-state index contributed by atoms with van der Waals surface area (Å²) in [7, 11) is 0. The topological polar surface area (TPSA) is 12.0 Å². The maximum Gasteiger partial charge on any atom is 0.132 e. The van der Waals surface area contributed by atoms with E-state index in [4.69, 9.17) is 0 Å². The van der Waals surface area contributed by atoms with Crippen molar-refractivity contribution in [1.29, 1.82) is 0 Å². The molecule has 1 aromatic rings. The van der Waals surface area contributed by atoms with Gasteiger partial charge in [-0.2, -0.15) is 0 Å². The third-order valence-electron chi connectivity index (χ3n) is 2.86. The van der Waals surface area contributed by atoms with E-state index in [0.717, 1.165) is 31.5 Å². The van der Waals surface area contributed by atoms with Gasteiger partial charge >= 0.3 is 0 Å². The predicted molar refractivity (Wildman–Crippen MR) is 71.6 cm³/mol. The molecule has 19 heavy (non-hydrogen) atoms. The molecule has 108 valence electrons. The van der Waals surface area contributed by atoms with Gasteiger partial charge in [0.15, 0.2) is 0 Å². The van der Waals surface area contributed by atoms with E-state index in [1.807, 2.05) is 0 Å². The first-order valence-corrected chi connectivity index (χ1v) is 6.68. The van der Waals surface area contributed by atoms with Crippen LogP contribution in [-0.2, 0) is 6.42 Å². The van der Waals surface area contributed by atoms with Crippen LogP contribution in [0.3, 0.4) is 0 Å². The van der Waals surface area contributed by atoms with Crippen LogP contribution in [0.4, 0.5) is 13.2 Å². The normalized spacial score (nSPS) is 11.9. The highest BCUT2D eigenvalue weighted by Gasteiger charge is 2.11. The van der Waals surface area contributed by atoms with Crippen LogP contribution in [0.25, 0.3) is 0 Å². The largest absolute Gasteiger partial charge is 0.312 e. The molecule has 0 saturated carbocycles. The van der Waals surface area contributed by atoms with Crippen LogP contribution in [0, 0.1) is 17.5 Å². The molecule has 0 spiro atoms. The smallest absolute Gasteiger partial charge is 0.132 e. The van der Waals surface area contributed by atoms with Crippen molar-refractivity contribution in [2.75, 3.05) is 6.54 Å². The highest BCUT2D eigenvalue weighted by Crippen LogP contribution is 2.17. The Balaban J connectivity index is 2.30. The fourth-order valence-corrected chi connectivity index (χ4v) is 1.88. The maximum atomic E-state index is 13.4. The molecule has 1 aromatic carbocycles. The molecule has 0 radical (unpaired) electrons. The molecule has 0 aliphatic rings. The number of hydrogen-bond donors (Lipinski definition) is 1. The summed E-state index contributed by atoms with van der Waals surface area (Å²) in [5.41, 5.74) is 0.0833. The van der Waals surface area contributed by atoms with E-state index in [-0.39, 0.29) is 11.1 Å². The molecular formula is C15H22F3N. The molecule has 0 heterocycles. The molecule has 0 aliphatic heterocycles. The number of hydrogen-bond acceptors (Lipinski definition) is 1. The quantitative estimate of drug-likeness (QED) is 0.766. The highest BCUT2D eigenvalue weighted by atomic mass is 19.1. The Bertz CT molecular complexity index is 387.